The largest absolute Gasteiger partial charge is 0.369 e. The van der Waals surface area contributed by atoms with Crippen LogP contribution in [0.1, 0.15) is 49.3 Å². The van der Waals surface area contributed by atoms with Gasteiger partial charge >= 0.3 is 0 Å². The number of amides is 1. The van der Waals surface area contributed by atoms with Gasteiger partial charge in [0.15, 0.2) is 0 Å². The molecule has 0 aromatic heterocycles. The molecule has 3 rings (SSSR count). The molecule has 1 fully saturated rings. The number of anilines is 1. The van der Waals surface area contributed by atoms with E-state index in [9.17, 15) is 10.1 Å². The number of halogens is 1. The fraction of sp³-hybridized carbons (Fsp3) is 0.333. The molecule has 26 heavy (non-hydrogen) atoms. The van der Waals surface area contributed by atoms with Crippen molar-refractivity contribution in [2.75, 3.05) is 5.32 Å². The number of nitriles is 1. The second-order valence-corrected chi connectivity index (χ2v) is 7.55. The van der Waals surface area contributed by atoms with Crippen molar-refractivity contribution in [3.8, 4) is 6.07 Å². The van der Waals surface area contributed by atoms with Crippen molar-refractivity contribution < 1.29 is 4.79 Å². The van der Waals surface area contributed by atoms with E-state index in [1.165, 1.54) is 19.3 Å². The summed E-state index contributed by atoms with van der Waals surface area (Å²) in [6.45, 7) is 0. The second-order valence-electron chi connectivity index (χ2n) is 6.63. The fourth-order valence-electron chi connectivity index (χ4n) is 3.35. The molecule has 1 amide bonds. The molecule has 1 saturated carbocycles. The molecule has 2 aromatic carbocycles. The number of hydrogen-bond acceptors (Lipinski definition) is 3. The first kappa shape index (κ1) is 18.5. The minimum atomic E-state index is -0.542. The molecular weight excluding hydrogens is 390 g/mol. The van der Waals surface area contributed by atoms with Crippen LogP contribution in [0.25, 0.3) is 0 Å². The van der Waals surface area contributed by atoms with Crippen LogP contribution in [0.5, 0.6) is 0 Å². The number of rotatable bonds is 5. The summed E-state index contributed by atoms with van der Waals surface area (Å²) in [4.78, 5) is 13.0. The lowest BCUT2D eigenvalue weighted by molar-refractivity contribution is -0.122. The Balaban J connectivity index is 1.84. The average molecular weight is 412 g/mol. The van der Waals surface area contributed by atoms with E-state index in [1.54, 1.807) is 6.07 Å². The monoisotopic (exact) mass is 411 g/mol. The van der Waals surface area contributed by atoms with E-state index in [1.807, 2.05) is 42.5 Å². The van der Waals surface area contributed by atoms with Gasteiger partial charge in [0.05, 0.1) is 11.3 Å². The van der Waals surface area contributed by atoms with Crippen LogP contribution in [0, 0.1) is 11.3 Å². The van der Waals surface area contributed by atoms with Gasteiger partial charge in [0, 0.05) is 10.5 Å². The van der Waals surface area contributed by atoms with E-state index < -0.39 is 6.04 Å². The molecule has 0 spiro atoms. The van der Waals surface area contributed by atoms with Gasteiger partial charge in [-0.25, -0.2) is 0 Å². The molecule has 2 N–H and O–H groups in total. The molecular formula is C21H22BrN3O. The summed E-state index contributed by atoms with van der Waals surface area (Å²) in [6.07, 6.45) is 5.65. The summed E-state index contributed by atoms with van der Waals surface area (Å²) in [5.74, 6) is -0.0491. The van der Waals surface area contributed by atoms with Crippen LogP contribution < -0.4 is 10.6 Å². The van der Waals surface area contributed by atoms with E-state index in [2.05, 4.69) is 32.6 Å². The van der Waals surface area contributed by atoms with Crippen molar-refractivity contribution >= 4 is 27.5 Å². The van der Waals surface area contributed by atoms with Crippen molar-refractivity contribution in [3.05, 3.63) is 64.1 Å². The van der Waals surface area contributed by atoms with Gasteiger partial charge < -0.3 is 10.6 Å². The molecule has 1 aliphatic carbocycles. The Labute approximate surface area is 162 Å². The predicted octanol–water partition coefficient (Wildman–Crippen LogP) is 4.92. The molecule has 0 heterocycles. The highest BCUT2D eigenvalue weighted by Crippen LogP contribution is 2.25. The third-order valence-corrected chi connectivity index (χ3v) is 5.29. The molecule has 134 valence electrons. The van der Waals surface area contributed by atoms with Crippen LogP contribution in [-0.4, -0.2) is 11.9 Å². The molecule has 2 aromatic rings. The molecule has 1 atom stereocenters. The summed E-state index contributed by atoms with van der Waals surface area (Å²) < 4.78 is 0.963. The molecule has 5 heteroatoms. The Morgan fingerprint density at radius 2 is 1.77 bits per heavy atom. The number of nitrogens with zero attached hydrogens (tertiary/aromatic N) is 1. The van der Waals surface area contributed by atoms with Gasteiger partial charge in [0.2, 0.25) is 5.91 Å². The van der Waals surface area contributed by atoms with Gasteiger partial charge in [0.1, 0.15) is 12.1 Å². The second kappa shape index (κ2) is 8.86. The maximum Gasteiger partial charge on any atom is 0.247 e. The van der Waals surface area contributed by atoms with Gasteiger partial charge in [-0.05, 0) is 42.7 Å². The summed E-state index contributed by atoms with van der Waals surface area (Å²) in [5, 5.41) is 15.8. The summed E-state index contributed by atoms with van der Waals surface area (Å²) in [5.41, 5.74) is 2.07. The standard InChI is InChI=1S/C21H22BrN3O/c22-17-12-10-15(11-13-17)20(21(26)24-18-7-2-1-3-8-18)25-19-9-5-4-6-16(19)14-23/h4-6,9-13,18,20,25H,1-3,7-8H2,(H,24,26). The van der Waals surface area contributed by atoms with Crippen molar-refractivity contribution in [2.24, 2.45) is 0 Å². The van der Waals surface area contributed by atoms with Crippen LogP contribution in [0.15, 0.2) is 53.0 Å². The van der Waals surface area contributed by atoms with E-state index in [0.29, 0.717) is 11.3 Å². The maximum atomic E-state index is 13.0. The van der Waals surface area contributed by atoms with E-state index >= 15 is 0 Å². The molecule has 1 unspecified atom stereocenters. The number of carbonyl (C=O) groups is 1. The highest BCUT2D eigenvalue weighted by molar-refractivity contribution is 9.10. The summed E-state index contributed by atoms with van der Waals surface area (Å²) >= 11 is 3.44. The van der Waals surface area contributed by atoms with Gasteiger partial charge in [-0.1, -0.05) is 59.5 Å². The normalized spacial score (nSPS) is 15.7. The van der Waals surface area contributed by atoms with Crippen LogP contribution in [0.3, 0.4) is 0 Å². The zero-order valence-electron chi connectivity index (χ0n) is 14.5. The molecule has 0 bridgehead atoms. The lowest BCUT2D eigenvalue weighted by atomic mass is 9.95. The van der Waals surface area contributed by atoms with E-state index in [-0.39, 0.29) is 11.9 Å². The van der Waals surface area contributed by atoms with Crippen LogP contribution in [0.2, 0.25) is 0 Å². The maximum absolute atomic E-state index is 13.0. The van der Waals surface area contributed by atoms with E-state index in [4.69, 9.17) is 0 Å². The zero-order valence-corrected chi connectivity index (χ0v) is 16.1. The Kier molecular flexibility index (Phi) is 6.30. The lowest BCUT2D eigenvalue weighted by Crippen LogP contribution is -2.41. The first-order chi connectivity index (χ1) is 12.7. The first-order valence-electron chi connectivity index (χ1n) is 8.99. The van der Waals surface area contributed by atoms with E-state index in [0.717, 1.165) is 22.9 Å². The smallest absolute Gasteiger partial charge is 0.247 e. The Morgan fingerprint density at radius 1 is 1.08 bits per heavy atom. The van der Waals surface area contributed by atoms with Crippen LogP contribution in [0.4, 0.5) is 5.69 Å². The fourth-order valence-corrected chi connectivity index (χ4v) is 3.61. The number of carbonyl (C=O) groups excluding carboxylic acids is 1. The Morgan fingerprint density at radius 3 is 2.46 bits per heavy atom. The van der Waals surface area contributed by atoms with Crippen LogP contribution >= 0.6 is 15.9 Å². The minimum Gasteiger partial charge on any atom is -0.369 e. The minimum absolute atomic E-state index is 0.0491. The molecule has 0 radical (unpaired) electrons. The van der Waals surface area contributed by atoms with Gasteiger partial charge in [0.25, 0.3) is 0 Å². The Bertz CT molecular complexity index is 792. The van der Waals surface area contributed by atoms with Gasteiger partial charge in [-0.15, -0.1) is 0 Å². The number of nitrogens with one attached hydrogen (secondary N) is 2. The van der Waals surface area contributed by atoms with Crippen molar-refractivity contribution in [1.29, 1.82) is 5.26 Å². The van der Waals surface area contributed by atoms with Gasteiger partial charge in [-0.3, -0.25) is 4.79 Å². The number of hydrogen-bond donors (Lipinski definition) is 2. The quantitative estimate of drug-likeness (QED) is 0.733. The third-order valence-electron chi connectivity index (χ3n) is 4.76. The molecule has 0 aliphatic heterocycles. The van der Waals surface area contributed by atoms with Crippen molar-refractivity contribution in [2.45, 2.75) is 44.2 Å². The molecule has 1 aliphatic rings. The number of para-hydroxylation sites is 1. The highest BCUT2D eigenvalue weighted by Gasteiger charge is 2.24. The van der Waals surface area contributed by atoms with Crippen molar-refractivity contribution in [3.63, 3.8) is 0 Å². The topological polar surface area (TPSA) is 64.9 Å². The third kappa shape index (κ3) is 4.64. The number of benzene rings is 2. The first-order valence-corrected chi connectivity index (χ1v) is 9.78. The summed E-state index contributed by atoms with van der Waals surface area (Å²) in [6, 6.07) is 16.8. The molecule has 4 nitrogen and oxygen atoms in total. The van der Waals surface area contributed by atoms with Gasteiger partial charge in [-0.2, -0.15) is 5.26 Å². The molecule has 0 saturated heterocycles. The predicted molar refractivity (Wildman–Crippen MR) is 107 cm³/mol. The van der Waals surface area contributed by atoms with Crippen molar-refractivity contribution in [1.82, 2.24) is 5.32 Å². The lowest BCUT2D eigenvalue weighted by Gasteiger charge is -2.27. The highest BCUT2D eigenvalue weighted by atomic mass is 79.9. The summed E-state index contributed by atoms with van der Waals surface area (Å²) in [7, 11) is 0. The van der Waals surface area contributed by atoms with Crippen LogP contribution in [-0.2, 0) is 4.79 Å². The zero-order chi connectivity index (χ0) is 18.4. The average Bonchev–Trinajstić information content (AvgIpc) is 2.68. The Hall–Kier alpha value is -2.32. The SMILES string of the molecule is N#Cc1ccccc1NC(C(=O)NC1CCCCC1)c1ccc(Br)cc1.